The van der Waals surface area contributed by atoms with Crippen LogP contribution in [0.4, 0.5) is 0 Å². The first-order chi connectivity index (χ1) is 23.5. The Kier molecular flexibility index (Phi) is 11.6. The van der Waals surface area contributed by atoms with Gasteiger partial charge in [-0.25, -0.2) is 13.1 Å². The van der Waals surface area contributed by atoms with E-state index in [1.54, 1.807) is 0 Å². The summed E-state index contributed by atoms with van der Waals surface area (Å²) in [6, 6.07) is 22.0. The highest BCUT2D eigenvalue weighted by atomic mass is 32.2. The van der Waals surface area contributed by atoms with Crippen LogP contribution in [-0.4, -0.2) is 56.7 Å². The smallest absolute Gasteiger partial charge is 0.265 e. The molecule has 0 aromatic heterocycles. The summed E-state index contributed by atoms with van der Waals surface area (Å²) in [6.45, 7) is 4.17. The molecule has 0 saturated heterocycles. The van der Waals surface area contributed by atoms with E-state index < -0.39 is 39.8 Å². The molecule has 2 aliphatic rings. The van der Waals surface area contributed by atoms with Crippen molar-refractivity contribution >= 4 is 38.6 Å². The van der Waals surface area contributed by atoms with Crippen LogP contribution in [-0.2, 0) is 26.0 Å². The van der Waals surface area contributed by atoms with Crippen molar-refractivity contribution in [3.05, 3.63) is 113 Å². The molecule has 5 rings (SSSR count). The first-order valence-electron chi connectivity index (χ1n) is 16.7. The second-order valence-electron chi connectivity index (χ2n) is 12.6. The molecule has 11 nitrogen and oxygen atoms in total. The van der Waals surface area contributed by atoms with Gasteiger partial charge in [0.25, 0.3) is 27.7 Å². The predicted molar refractivity (Wildman–Crippen MR) is 188 cm³/mol. The Morgan fingerprint density at radius 1 is 0.898 bits per heavy atom. The highest BCUT2D eigenvalue weighted by Crippen LogP contribution is 2.27. The van der Waals surface area contributed by atoms with Crippen molar-refractivity contribution < 1.29 is 27.6 Å². The normalized spacial score (nSPS) is 16.9. The first kappa shape index (κ1) is 35.5. The fourth-order valence-corrected chi connectivity index (χ4v) is 6.80. The Morgan fingerprint density at radius 3 is 2.12 bits per heavy atom. The van der Waals surface area contributed by atoms with Gasteiger partial charge >= 0.3 is 0 Å². The lowest BCUT2D eigenvalue weighted by Gasteiger charge is -2.24. The summed E-state index contributed by atoms with van der Waals surface area (Å²) in [5, 5.41) is 12.4. The van der Waals surface area contributed by atoms with Crippen LogP contribution in [0.15, 0.2) is 84.9 Å². The van der Waals surface area contributed by atoms with Crippen molar-refractivity contribution in [1.29, 1.82) is 0 Å². The van der Waals surface area contributed by atoms with Crippen LogP contribution in [0, 0.1) is 0 Å². The van der Waals surface area contributed by atoms with Crippen molar-refractivity contribution in [1.82, 2.24) is 26.0 Å². The zero-order valence-electron chi connectivity index (χ0n) is 27.7. The number of unbranched alkanes of at least 4 members (excludes halogenated alkanes) is 1. The topological polar surface area (TPSA) is 163 Å². The van der Waals surface area contributed by atoms with Gasteiger partial charge in [0.2, 0.25) is 5.91 Å². The van der Waals surface area contributed by atoms with Crippen molar-refractivity contribution in [3.8, 4) is 0 Å². The number of sulfonamides is 1. The summed E-state index contributed by atoms with van der Waals surface area (Å²) in [6.07, 6.45) is 5.79. The molecule has 0 unspecified atom stereocenters. The van der Waals surface area contributed by atoms with Gasteiger partial charge in [0.15, 0.2) is 0 Å². The summed E-state index contributed by atoms with van der Waals surface area (Å²) in [5.41, 5.74) is 1.95. The summed E-state index contributed by atoms with van der Waals surface area (Å²) in [4.78, 5) is 52.2. The third-order valence-electron chi connectivity index (χ3n) is 8.53. The SMILES string of the molecule is CCCC[C@H](NC[C@H](Cc1ccccc1)NC(=O)c1cc(C(=O)N[C@H](C)c2ccccc2)cc(C2=CC(=O)NS2(=O)=O)c1)C(=O)NC1CC1. The van der Waals surface area contributed by atoms with Crippen LogP contribution >= 0.6 is 0 Å². The molecule has 1 aliphatic carbocycles. The average molecular weight is 686 g/mol. The van der Waals surface area contributed by atoms with Gasteiger partial charge in [0.05, 0.1) is 12.1 Å². The molecule has 1 saturated carbocycles. The van der Waals surface area contributed by atoms with E-state index in [0.717, 1.165) is 42.9 Å². The third-order valence-corrected chi connectivity index (χ3v) is 9.94. The fourth-order valence-electron chi connectivity index (χ4n) is 5.68. The highest BCUT2D eigenvalue weighted by molar-refractivity contribution is 7.99. The minimum atomic E-state index is -4.19. The zero-order chi connectivity index (χ0) is 35.0. The third kappa shape index (κ3) is 9.86. The summed E-state index contributed by atoms with van der Waals surface area (Å²) >= 11 is 0. The maximum Gasteiger partial charge on any atom is 0.265 e. The van der Waals surface area contributed by atoms with Gasteiger partial charge in [-0.05, 0) is 67.5 Å². The maximum absolute atomic E-state index is 14.0. The molecule has 12 heteroatoms. The van der Waals surface area contributed by atoms with Crippen LogP contribution in [0.5, 0.6) is 0 Å². The van der Waals surface area contributed by atoms with E-state index in [2.05, 4.69) is 28.2 Å². The molecular formula is C37H43N5O6S. The standard InChI is InChI=1S/C37H43N5O6S/c1-3-4-15-32(37(46)40-30-16-17-30)38-23-31(18-25-11-7-5-8-12-25)41-36(45)29-20-27(33-22-34(43)42-49(33,47)48)19-28(21-29)35(44)39-24(2)26-13-9-6-10-14-26/h5-14,19-22,24,30-32,38H,3-4,15-18,23H2,1-2H3,(H,39,44)(H,40,46)(H,41,45)(H,42,43)/t24-,31+,32+/m1/s1. The molecule has 1 fully saturated rings. The minimum absolute atomic E-state index is 0.0256. The summed E-state index contributed by atoms with van der Waals surface area (Å²) < 4.78 is 27.5. The maximum atomic E-state index is 14.0. The number of benzene rings is 3. The number of amides is 4. The van der Waals surface area contributed by atoms with E-state index in [-0.39, 0.29) is 46.1 Å². The minimum Gasteiger partial charge on any atom is -0.352 e. The van der Waals surface area contributed by atoms with Crippen LogP contribution in [0.3, 0.4) is 0 Å². The second-order valence-corrected chi connectivity index (χ2v) is 14.3. The lowest BCUT2D eigenvalue weighted by molar-refractivity contribution is -0.123. The number of carbonyl (C=O) groups is 4. The Morgan fingerprint density at radius 2 is 1.53 bits per heavy atom. The molecule has 3 aromatic carbocycles. The number of nitrogens with one attached hydrogen (secondary N) is 5. The number of rotatable bonds is 16. The molecule has 0 spiro atoms. The number of carbonyl (C=O) groups excluding carboxylic acids is 4. The Bertz CT molecular complexity index is 1810. The van der Waals surface area contributed by atoms with Crippen molar-refractivity contribution in [2.75, 3.05) is 6.54 Å². The average Bonchev–Trinajstić information content (AvgIpc) is 3.86. The molecule has 0 bridgehead atoms. The predicted octanol–water partition coefficient (Wildman–Crippen LogP) is 3.75. The Hall–Kier alpha value is -4.81. The van der Waals surface area contributed by atoms with Gasteiger partial charge in [-0.3, -0.25) is 19.2 Å². The molecule has 0 radical (unpaired) electrons. The largest absolute Gasteiger partial charge is 0.352 e. The van der Waals surface area contributed by atoms with E-state index in [1.165, 1.54) is 18.2 Å². The van der Waals surface area contributed by atoms with E-state index in [4.69, 9.17) is 0 Å². The van der Waals surface area contributed by atoms with Gasteiger partial charge in [-0.2, -0.15) is 0 Å². The van der Waals surface area contributed by atoms with Gasteiger partial charge in [0, 0.05) is 35.8 Å². The molecule has 1 aliphatic heterocycles. The van der Waals surface area contributed by atoms with Crippen LogP contribution in [0.25, 0.3) is 4.91 Å². The molecule has 49 heavy (non-hydrogen) atoms. The van der Waals surface area contributed by atoms with Crippen LogP contribution < -0.4 is 26.0 Å². The molecule has 3 atom stereocenters. The molecule has 258 valence electrons. The lowest BCUT2D eigenvalue weighted by Crippen LogP contribution is -2.51. The monoisotopic (exact) mass is 685 g/mol. The van der Waals surface area contributed by atoms with E-state index >= 15 is 0 Å². The zero-order valence-corrected chi connectivity index (χ0v) is 28.5. The van der Waals surface area contributed by atoms with Crippen molar-refractivity contribution in [2.45, 2.75) is 76.5 Å². The van der Waals surface area contributed by atoms with E-state index in [9.17, 15) is 27.6 Å². The number of hydrogen-bond donors (Lipinski definition) is 5. The van der Waals surface area contributed by atoms with E-state index in [1.807, 2.05) is 72.3 Å². The van der Waals surface area contributed by atoms with Gasteiger partial charge < -0.3 is 21.3 Å². The second kappa shape index (κ2) is 16.1. The van der Waals surface area contributed by atoms with Crippen LogP contribution in [0.1, 0.15) is 89.4 Å². The van der Waals surface area contributed by atoms with Gasteiger partial charge in [0.1, 0.15) is 4.91 Å². The molecule has 4 amide bonds. The van der Waals surface area contributed by atoms with E-state index in [0.29, 0.717) is 12.8 Å². The molecule has 5 N–H and O–H groups in total. The van der Waals surface area contributed by atoms with Crippen molar-refractivity contribution in [3.63, 3.8) is 0 Å². The fraction of sp³-hybridized carbons (Fsp3) is 0.351. The summed E-state index contributed by atoms with van der Waals surface area (Å²) in [7, 11) is -4.19. The Balaban J connectivity index is 1.42. The summed E-state index contributed by atoms with van der Waals surface area (Å²) in [5.74, 6) is -1.93. The molecule has 3 aromatic rings. The van der Waals surface area contributed by atoms with Gasteiger partial charge in [-0.1, -0.05) is 80.4 Å². The lowest BCUT2D eigenvalue weighted by atomic mass is 10.0. The molecular weight excluding hydrogens is 643 g/mol. The van der Waals surface area contributed by atoms with Crippen LogP contribution in [0.2, 0.25) is 0 Å². The van der Waals surface area contributed by atoms with Gasteiger partial charge in [-0.15, -0.1) is 0 Å². The number of hydrogen-bond acceptors (Lipinski definition) is 7. The van der Waals surface area contributed by atoms with Crippen molar-refractivity contribution in [2.24, 2.45) is 0 Å². The highest BCUT2D eigenvalue weighted by Gasteiger charge is 2.31. The Labute approximate surface area is 287 Å². The quantitative estimate of drug-likeness (QED) is 0.153. The molecule has 1 heterocycles. The first-order valence-corrected chi connectivity index (χ1v) is 18.2.